The Bertz CT molecular complexity index is 1060. The van der Waals surface area contributed by atoms with Gasteiger partial charge in [-0.2, -0.15) is 0 Å². The number of rotatable bonds is 0. The Morgan fingerprint density at radius 1 is 0.682 bits per heavy atom. The van der Waals surface area contributed by atoms with Crippen LogP contribution in [0.4, 0.5) is 0 Å². The molecule has 0 amide bonds. The molecule has 0 saturated carbocycles. The van der Waals surface area contributed by atoms with Gasteiger partial charge in [0.15, 0.2) is 0 Å². The van der Waals surface area contributed by atoms with E-state index in [4.69, 9.17) is 11.6 Å². The molecular weight excluding hydrogens is 288 g/mol. The molecule has 0 aliphatic heterocycles. The van der Waals surface area contributed by atoms with Crippen LogP contribution in [0.2, 0.25) is 5.02 Å². The third-order valence-corrected chi connectivity index (χ3v) is 5.07. The Balaban J connectivity index is 2.02. The van der Waals surface area contributed by atoms with Gasteiger partial charge in [0.1, 0.15) is 0 Å². The van der Waals surface area contributed by atoms with Crippen molar-refractivity contribution in [2.24, 2.45) is 0 Å². The lowest BCUT2D eigenvalue weighted by molar-refractivity contribution is 1.27. The average molecular weight is 301 g/mol. The van der Waals surface area contributed by atoms with Crippen molar-refractivity contribution in [3.63, 3.8) is 0 Å². The Kier molecular flexibility index (Phi) is 2.42. The second-order valence-corrected chi connectivity index (χ2v) is 6.34. The van der Waals surface area contributed by atoms with E-state index in [1.54, 1.807) is 0 Å². The second kappa shape index (κ2) is 4.34. The summed E-state index contributed by atoms with van der Waals surface area (Å²) in [4.78, 5) is 0. The van der Waals surface area contributed by atoms with Gasteiger partial charge in [0.25, 0.3) is 0 Å². The van der Waals surface area contributed by atoms with Gasteiger partial charge in [-0.1, -0.05) is 72.3 Å². The Morgan fingerprint density at radius 3 is 2.18 bits per heavy atom. The minimum Gasteiger partial charge on any atom is -0.0840 e. The fraction of sp³-hybridized carbons (Fsp3) is 0.0476. The average Bonchev–Trinajstić information content (AvgIpc) is 2.96. The molecule has 1 aliphatic rings. The zero-order chi connectivity index (χ0) is 14.7. The van der Waals surface area contributed by atoms with Crippen molar-refractivity contribution in [1.29, 1.82) is 0 Å². The van der Waals surface area contributed by atoms with Crippen LogP contribution < -0.4 is 0 Å². The molecule has 1 aliphatic carbocycles. The Labute approximate surface area is 134 Å². The molecule has 22 heavy (non-hydrogen) atoms. The molecule has 0 atom stereocenters. The standard InChI is InChI=1S/C21H13Cl/c22-19-12-14-6-2-4-8-17(14)21-18(19)11-15-10-9-13-5-1-3-7-16(13)20(15)21/h1-10,12H,11H2. The Morgan fingerprint density at radius 2 is 1.36 bits per heavy atom. The summed E-state index contributed by atoms with van der Waals surface area (Å²) in [6, 6.07) is 23.7. The first-order valence-corrected chi connectivity index (χ1v) is 7.92. The van der Waals surface area contributed by atoms with Crippen LogP contribution in [0, 0.1) is 0 Å². The van der Waals surface area contributed by atoms with E-state index >= 15 is 0 Å². The van der Waals surface area contributed by atoms with Gasteiger partial charge < -0.3 is 0 Å². The van der Waals surface area contributed by atoms with E-state index in [1.165, 1.54) is 43.8 Å². The van der Waals surface area contributed by atoms with Gasteiger partial charge in [0, 0.05) is 11.4 Å². The second-order valence-electron chi connectivity index (χ2n) is 5.93. The minimum atomic E-state index is 0.883. The highest BCUT2D eigenvalue weighted by atomic mass is 35.5. The molecule has 0 N–H and O–H groups in total. The van der Waals surface area contributed by atoms with Crippen LogP contribution in [0.5, 0.6) is 0 Å². The molecule has 0 spiro atoms. The van der Waals surface area contributed by atoms with Crippen LogP contribution >= 0.6 is 11.6 Å². The number of halogens is 1. The van der Waals surface area contributed by atoms with Crippen LogP contribution in [0.3, 0.4) is 0 Å². The molecule has 0 heterocycles. The van der Waals surface area contributed by atoms with Gasteiger partial charge in [-0.15, -0.1) is 0 Å². The van der Waals surface area contributed by atoms with Crippen molar-refractivity contribution in [2.75, 3.05) is 0 Å². The highest BCUT2D eigenvalue weighted by Crippen LogP contribution is 2.47. The molecular formula is C21H13Cl. The maximum atomic E-state index is 6.59. The van der Waals surface area contributed by atoms with Crippen molar-refractivity contribution < 1.29 is 0 Å². The first kappa shape index (κ1) is 12.3. The first-order valence-electron chi connectivity index (χ1n) is 7.54. The predicted molar refractivity (Wildman–Crippen MR) is 94.7 cm³/mol. The zero-order valence-electron chi connectivity index (χ0n) is 11.9. The summed E-state index contributed by atoms with van der Waals surface area (Å²) < 4.78 is 0. The SMILES string of the molecule is Clc1cc2ccccc2c2c1Cc1ccc3ccccc3c1-2. The molecule has 0 aromatic heterocycles. The van der Waals surface area contributed by atoms with E-state index in [1.807, 2.05) is 0 Å². The van der Waals surface area contributed by atoms with Crippen molar-refractivity contribution in [1.82, 2.24) is 0 Å². The molecule has 4 aromatic carbocycles. The number of hydrogen-bond acceptors (Lipinski definition) is 0. The van der Waals surface area contributed by atoms with Gasteiger partial charge in [-0.3, -0.25) is 0 Å². The van der Waals surface area contributed by atoms with Crippen molar-refractivity contribution >= 4 is 33.1 Å². The van der Waals surface area contributed by atoms with E-state index in [0.717, 1.165) is 11.4 Å². The fourth-order valence-corrected chi connectivity index (χ4v) is 4.04. The van der Waals surface area contributed by atoms with Crippen molar-refractivity contribution in [2.45, 2.75) is 6.42 Å². The van der Waals surface area contributed by atoms with Crippen LogP contribution in [-0.4, -0.2) is 0 Å². The number of benzene rings is 4. The summed E-state index contributed by atoms with van der Waals surface area (Å²) in [6.07, 6.45) is 0.930. The smallest absolute Gasteiger partial charge is 0.0453 e. The third-order valence-electron chi connectivity index (χ3n) is 4.73. The van der Waals surface area contributed by atoms with E-state index < -0.39 is 0 Å². The van der Waals surface area contributed by atoms with Crippen molar-refractivity contribution in [3.8, 4) is 11.1 Å². The van der Waals surface area contributed by atoms with E-state index in [-0.39, 0.29) is 0 Å². The number of hydrogen-bond donors (Lipinski definition) is 0. The lowest BCUT2D eigenvalue weighted by Gasteiger charge is -2.11. The summed E-state index contributed by atoms with van der Waals surface area (Å²) in [6.45, 7) is 0. The van der Waals surface area contributed by atoms with Gasteiger partial charge in [-0.25, -0.2) is 0 Å². The largest absolute Gasteiger partial charge is 0.0840 e. The quantitative estimate of drug-likeness (QED) is 0.318. The highest BCUT2D eigenvalue weighted by Gasteiger charge is 2.25. The van der Waals surface area contributed by atoms with Gasteiger partial charge in [0.2, 0.25) is 0 Å². The third kappa shape index (κ3) is 1.53. The molecule has 1 heteroatoms. The molecule has 5 rings (SSSR count). The summed E-state index contributed by atoms with van der Waals surface area (Å²) in [7, 11) is 0. The van der Waals surface area contributed by atoms with Crippen LogP contribution in [0.25, 0.3) is 32.7 Å². The monoisotopic (exact) mass is 300 g/mol. The molecule has 0 fully saturated rings. The molecule has 4 aromatic rings. The Hall–Kier alpha value is -2.31. The minimum absolute atomic E-state index is 0.883. The maximum absolute atomic E-state index is 6.59. The highest BCUT2D eigenvalue weighted by molar-refractivity contribution is 6.33. The van der Waals surface area contributed by atoms with E-state index in [2.05, 4.69) is 66.7 Å². The van der Waals surface area contributed by atoms with Gasteiger partial charge in [0.05, 0.1) is 0 Å². The summed E-state index contributed by atoms with van der Waals surface area (Å²) in [5, 5.41) is 6.02. The van der Waals surface area contributed by atoms with Crippen LogP contribution in [0.1, 0.15) is 11.1 Å². The lowest BCUT2D eigenvalue weighted by atomic mass is 9.94. The molecule has 0 nitrogen and oxygen atoms in total. The molecule has 0 unspecified atom stereocenters. The van der Waals surface area contributed by atoms with E-state index in [0.29, 0.717) is 0 Å². The van der Waals surface area contributed by atoms with E-state index in [9.17, 15) is 0 Å². The molecule has 0 bridgehead atoms. The predicted octanol–water partition coefficient (Wildman–Crippen LogP) is 6.22. The topological polar surface area (TPSA) is 0 Å². The maximum Gasteiger partial charge on any atom is 0.0453 e. The lowest BCUT2D eigenvalue weighted by Crippen LogP contribution is -1.85. The van der Waals surface area contributed by atoms with Gasteiger partial charge >= 0.3 is 0 Å². The molecule has 0 saturated heterocycles. The van der Waals surface area contributed by atoms with Gasteiger partial charge in [-0.05, 0) is 49.9 Å². The van der Waals surface area contributed by atoms with Crippen LogP contribution in [-0.2, 0) is 6.42 Å². The molecule has 104 valence electrons. The summed E-state index contributed by atoms with van der Waals surface area (Å²) in [5.41, 5.74) is 5.35. The zero-order valence-corrected chi connectivity index (χ0v) is 12.7. The first-order chi connectivity index (χ1) is 10.8. The fourth-order valence-electron chi connectivity index (χ4n) is 3.76. The summed E-state index contributed by atoms with van der Waals surface area (Å²) >= 11 is 6.59. The molecule has 0 radical (unpaired) electrons. The van der Waals surface area contributed by atoms with Crippen molar-refractivity contribution in [3.05, 3.63) is 82.9 Å². The van der Waals surface area contributed by atoms with Crippen LogP contribution in [0.15, 0.2) is 66.7 Å². The normalized spacial score (nSPS) is 12.6. The number of fused-ring (bicyclic) bond motifs is 7. The summed E-state index contributed by atoms with van der Waals surface area (Å²) in [5.74, 6) is 0.